The Hall–Kier alpha value is -6.44. The summed E-state index contributed by atoms with van der Waals surface area (Å²) in [5.74, 6) is -0.209. The summed E-state index contributed by atoms with van der Waals surface area (Å²) >= 11 is 0. The smallest absolute Gasteiger partial charge is 0.264 e. The van der Waals surface area contributed by atoms with Crippen LogP contribution < -0.4 is 15.1 Å². The van der Waals surface area contributed by atoms with Gasteiger partial charge in [-0.3, -0.25) is 43.6 Å². The topological polar surface area (TPSA) is 151 Å². The molecule has 3 aromatic carbocycles. The first-order chi connectivity index (χ1) is 26.6. The number of piperidine rings is 1. The second-order valence-electron chi connectivity index (χ2n) is 15.9. The summed E-state index contributed by atoms with van der Waals surface area (Å²) in [6.45, 7) is 5.27. The summed E-state index contributed by atoms with van der Waals surface area (Å²) in [4.78, 5) is 62.4. The second-order valence-corrected chi connectivity index (χ2v) is 15.9. The summed E-state index contributed by atoms with van der Waals surface area (Å²) in [5.41, 5.74) is 8.36. The Bertz CT molecular complexity index is 2570. The molecule has 1 atom stereocenters. The number of benzene rings is 3. The Kier molecular flexibility index (Phi) is 6.44. The van der Waals surface area contributed by atoms with Crippen molar-refractivity contribution in [2.45, 2.75) is 44.2 Å². The third kappa shape index (κ3) is 4.66. The predicted molar refractivity (Wildman–Crippen MR) is 201 cm³/mol. The Morgan fingerprint density at radius 2 is 1.56 bits per heavy atom. The van der Waals surface area contributed by atoms with Crippen LogP contribution in [0, 0.1) is 12.3 Å². The fourth-order valence-electron chi connectivity index (χ4n) is 9.29. The number of aliphatic imine (C=N–C) groups is 1. The van der Waals surface area contributed by atoms with Crippen molar-refractivity contribution in [1.29, 1.82) is 0 Å². The molecule has 0 bridgehead atoms. The van der Waals surface area contributed by atoms with Gasteiger partial charge in [0.2, 0.25) is 11.8 Å². The number of hydrogen-bond donors (Lipinski definition) is 1. The van der Waals surface area contributed by atoms with Crippen LogP contribution in [0.2, 0.25) is 0 Å². The van der Waals surface area contributed by atoms with E-state index in [1.54, 1.807) is 12.1 Å². The first-order valence-corrected chi connectivity index (χ1v) is 18.7. The number of nitrogens with one attached hydrogen (secondary N) is 1. The van der Waals surface area contributed by atoms with Gasteiger partial charge in [-0.2, -0.15) is 5.10 Å². The fraction of sp³-hybridized carbons (Fsp3) is 0.317. The molecule has 4 amide bonds. The van der Waals surface area contributed by atoms with Gasteiger partial charge in [-0.1, -0.05) is 24.3 Å². The van der Waals surface area contributed by atoms with E-state index in [1.165, 1.54) is 0 Å². The van der Waals surface area contributed by atoms with Crippen molar-refractivity contribution in [3.8, 4) is 16.8 Å². The lowest BCUT2D eigenvalue weighted by molar-refractivity contribution is -0.136. The molecule has 5 aromatic rings. The van der Waals surface area contributed by atoms with E-state index in [2.05, 4.69) is 77.4 Å². The van der Waals surface area contributed by atoms with Gasteiger partial charge in [0.1, 0.15) is 17.4 Å². The van der Waals surface area contributed by atoms with Crippen LogP contribution >= 0.6 is 0 Å². The normalized spacial score (nSPS) is 21.5. The van der Waals surface area contributed by atoms with Crippen molar-refractivity contribution in [3.05, 3.63) is 107 Å². The number of carbonyl (C=O) groups is 4. The Labute approximate surface area is 315 Å². The first-order valence-electron chi connectivity index (χ1n) is 18.7. The molecule has 7 heterocycles. The largest absolute Gasteiger partial charge is 0.370 e. The Balaban J connectivity index is 0.828. The number of aromatic nitrogens is 5. The SMILES string of the molecule is Cc1nnc2n1-c1ccc(-c3cnn(C)c3)cc1C(c1ccc(N3CC4(C3)CN(c3cccc5c3C(=O)N(C3CCC(=O)NC3=O)C5=O)C4)cc1)=NC21CC1. The average molecular weight is 733 g/mol. The summed E-state index contributed by atoms with van der Waals surface area (Å²) < 4.78 is 3.99. The van der Waals surface area contributed by atoms with Crippen molar-refractivity contribution in [2.24, 2.45) is 17.5 Å². The number of fused-ring (bicyclic) bond motifs is 5. The van der Waals surface area contributed by atoms with E-state index in [0.29, 0.717) is 11.1 Å². The van der Waals surface area contributed by atoms with Crippen LogP contribution in [0.25, 0.3) is 16.8 Å². The molecule has 2 aromatic heterocycles. The van der Waals surface area contributed by atoms with Crippen LogP contribution in [0.4, 0.5) is 11.4 Å². The van der Waals surface area contributed by atoms with Crippen LogP contribution in [-0.2, 0) is 22.2 Å². The van der Waals surface area contributed by atoms with Crippen molar-refractivity contribution >= 4 is 40.7 Å². The number of anilines is 2. The first kappa shape index (κ1) is 32.0. The van der Waals surface area contributed by atoms with E-state index in [0.717, 1.165) is 101 Å². The van der Waals surface area contributed by atoms with E-state index in [4.69, 9.17) is 4.99 Å². The molecule has 274 valence electrons. The number of hydrogen-bond acceptors (Lipinski definition) is 10. The van der Waals surface area contributed by atoms with Gasteiger partial charge in [-0.05, 0) is 68.1 Å². The molecular weight excluding hydrogens is 697 g/mol. The van der Waals surface area contributed by atoms with E-state index in [1.807, 2.05) is 37.1 Å². The highest BCUT2D eigenvalue weighted by molar-refractivity contribution is 6.25. The molecule has 4 fully saturated rings. The molecule has 11 rings (SSSR count). The zero-order valence-electron chi connectivity index (χ0n) is 30.3. The van der Waals surface area contributed by atoms with Crippen molar-refractivity contribution in [3.63, 3.8) is 0 Å². The maximum Gasteiger partial charge on any atom is 0.264 e. The van der Waals surface area contributed by atoms with E-state index >= 15 is 0 Å². The van der Waals surface area contributed by atoms with Gasteiger partial charge < -0.3 is 9.80 Å². The van der Waals surface area contributed by atoms with E-state index in [-0.39, 0.29) is 29.7 Å². The van der Waals surface area contributed by atoms with Crippen LogP contribution in [-0.4, -0.2) is 91.0 Å². The molecule has 6 aliphatic rings. The summed E-state index contributed by atoms with van der Waals surface area (Å²) in [6, 6.07) is 19.5. The molecular formula is C41H36N10O4. The molecule has 0 radical (unpaired) electrons. The monoisotopic (exact) mass is 732 g/mol. The number of rotatable bonds is 5. The number of carbonyl (C=O) groups excluding carboxylic acids is 4. The number of amides is 4. The van der Waals surface area contributed by atoms with Crippen LogP contribution in [0.15, 0.2) is 78.0 Å². The maximum atomic E-state index is 13.7. The standard InChI is InChI=1S/C41H36N10O4/c1-23-45-46-39-41(14-15-41)44-35(29-16-25(8-11-30(29)50(23)39)26-17-42-47(2)18-26)24-6-9-27(10-7-24)48-19-40(20-48)21-49(22-40)31-5-3-4-28-34(31)38(55)51(37(28)54)32-12-13-33(52)43-36(32)53/h3-11,16-18,32H,12-15,19-22H2,1-2H3,(H,43,52,53). The van der Waals surface area contributed by atoms with Gasteiger partial charge >= 0.3 is 0 Å². The highest BCUT2D eigenvalue weighted by Gasteiger charge is 2.54. The third-order valence-electron chi connectivity index (χ3n) is 12.2. The van der Waals surface area contributed by atoms with Gasteiger partial charge in [-0.15, -0.1) is 10.2 Å². The lowest BCUT2D eigenvalue weighted by Crippen LogP contribution is -2.72. The quantitative estimate of drug-likeness (QED) is 0.268. The predicted octanol–water partition coefficient (Wildman–Crippen LogP) is 3.54. The zero-order chi connectivity index (χ0) is 37.4. The maximum absolute atomic E-state index is 13.7. The Morgan fingerprint density at radius 1 is 0.800 bits per heavy atom. The summed E-state index contributed by atoms with van der Waals surface area (Å²) in [6.07, 6.45) is 5.98. The van der Waals surface area contributed by atoms with Gasteiger partial charge in [0.15, 0.2) is 5.82 Å². The average Bonchev–Trinajstić information content (AvgIpc) is 3.54. The minimum absolute atomic E-state index is 0.0775. The van der Waals surface area contributed by atoms with Crippen molar-refractivity contribution in [2.75, 3.05) is 36.0 Å². The molecule has 3 saturated heterocycles. The molecule has 2 spiro atoms. The molecule has 55 heavy (non-hydrogen) atoms. The summed E-state index contributed by atoms with van der Waals surface area (Å²) in [7, 11) is 1.92. The highest BCUT2D eigenvalue weighted by atomic mass is 16.2. The molecule has 1 aliphatic carbocycles. The van der Waals surface area contributed by atoms with Crippen LogP contribution in [0.1, 0.15) is 69.2 Å². The number of nitrogens with zero attached hydrogens (tertiary/aromatic N) is 9. The molecule has 14 heteroatoms. The fourth-order valence-corrected chi connectivity index (χ4v) is 9.29. The van der Waals surface area contributed by atoms with Gasteiger partial charge in [0, 0.05) is 73.6 Å². The molecule has 1 saturated carbocycles. The highest BCUT2D eigenvalue weighted by Crippen LogP contribution is 2.52. The molecule has 14 nitrogen and oxygen atoms in total. The van der Waals surface area contributed by atoms with E-state index < -0.39 is 23.8 Å². The number of aryl methyl sites for hydroxylation is 2. The molecule has 5 aliphatic heterocycles. The third-order valence-corrected chi connectivity index (χ3v) is 12.2. The minimum Gasteiger partial charge on any atom is -0.370 e. The zero-order valence-corrected chi connectivity index (χ0v) is 30.3. The van der Waals surface area contributed by atoms with Gasteiger partial charge in [0.25, 0.3) is 11.8 Å². The van der Waals surface area contributed by atoms with Gasteiger partial charge in [-0.25, -0.2) is 0 Å². The molecule has 1 N–H and O–H groups in total. The van der Waals surface area contributed by atoms with E-state index in [9.17, 15) is 19.2 Å². The Morgan fingerprint density at radius 3 is 2.29 bits per heavy atom. The summed E-state index contributed by atoms with van der Waals surface area (Å²) in [5, 5.41) is 15.8. The van der Waals surface area contributed by atoms with Crippen LogP contribution in [0.5, 0.6) is 0 Å². The second kappa shape index (κ2) is 11.1. The lowest BCUT2D eigenvalue weighted by Gasteiger charge is -2.61. The minimum atomic E-state index is -0.985. The molecule has 1 unspecified atom stereocenters. The van der Waals surface area contributed by atoms with Crippen molar-refractivity contribution in [1.82, 2.24) is 34.8 Å². The van der Waals surface area contributed by atoms with Crippen LogP contribution in [0.3, 0.4) is 0 Å². The lowest BCUT2D eigenvalue weighted by atomic mass is 9.72. The number of imide groups is 2. The van der Waals surface area contributed by atoms with Crippen molar-refractivity contribution < 1.29 is 19.2 Å². The van der Waals surface area contributed by atoms with Gasteiger partial charge in [0.05, 0.1) is 34.4 Å².